The number of carbonyl (C=O) groups is 2. The summed E-state index contributed by atoms with van der Waals surface area (Å²) in [6.45, 7) is 1.34. The molecule has 0 spiro atoms. The average molecular weight is 293 g/mol. The molecule has 0 heterocycles. The van der Waals surface area contributed by atoms with Crippen molar-refractivity contribution in [2.75, 3.05) is 40.8 Å². The summed E-state index contributed by atoms with van der Waals surface area (Å²) >= 11 is 0. The van der Waals surface area contributed by atoms with Crippen molar-refractivity contribution in [3.05, 3.63) is 29.8 Å². The first-order chi connectivity index (χ1) is 10.0. The first-order valence-corrected chi connectivity index (χ1v) is 6.82. The van der Waals surface area contributed by atoms with E-state index in [0.717, 1.165) is 17.9 Å². The fraction of sp³-hybridized carbons (Fsp3) is 0.467. The standard InChI is InChI=1S/C15H23N3O3/c1-18(2)9-8-16-15(20)11-17-14(19)10-12-4-6-13(21-3)7-5-12/h4-7H,8-11H2,1-3H3,(H,16,20)(H,17,19). The zero-order valence-electron chi connectivity index (χ0n) is 12.8. The lowest BCUT2D eigenvalue weighted by atomic mass is 10.1. The van der Waals surface area contributed by atoms with Gasteiger partial charge in [0.15, 0.2) is 0 Å². The number of likely N-dealkylation sites (N-methyl/N-ethyl adjacent to an activating group) is 1. The molecule has 21 heavy (non-hydrogen) atoms. The van der Waals surface area contributed by atoms with E-state index >= 15 is 0 Å². The zero-order valence-corrected chi connectivity index (χ0v) is 12.8. The topological polar surface area (TPSA) is 70.7 Å². The van der Waals surface area contributed by atoms with Gasteiger partial charge in [0, 0.05) is 13.1 Å². The Balaban J connectivity index is 2.25. The fourth-order valence-electron chi connectivity index (χ4n) is 1.65. The quantitative estimate of drug-likeness (QED) is 0.709. The van der Waals surface area contributed by atoms with Crippen molar-refractivity contribution in [2.45, 2.75) is 6.42 Å². The van der Waals surface area contributed by atoms with Gasteiger partial charge in [-0.05, 0) is 31.8 Å². The molecule has 116 valence electrons. The molecular formula is C15H23N3O3. The second-order valence-electron chi connectivity index (χ2n) is 4.95. The molecule has 1 aromatic carbocycles. The molecule has 0 saturated heterocycles. The van der Waals surface area contributed by atoms with Gasteiger partial charge >= 0.3 is 0 Å². The highest BCUT2D eigenvalue weighted by molar-refractivity contribution is 5.85. The van der Waals surface area contributed by atoms with E-state index in [1.165, 1.54) is 0 Å². The van der Waals surface area contributed by atoms with Gasteiger partial charge in [0.2, 0.25) is 11.8 Å². The van der Waals surface area contributed by atoms with Gasteiger partial charge < -0.3 is 20.3 Å². The van der Waals surface area contributed by atoms with E-state index in [9.17, 15) is 9.59 Å². The maximum absolute atomic E-state index is 11.7. The van der Waals surface area contributed by atoms with Crippen LogP contribution in [0.1, 0.15) is 5.56 Å². The SMILES string of the molecule is COc1ccc(CC(=O)NCC(=O)NCCN(C)C)cc1. The van der Waals surface area contributed by atoms with E-state index in [2.05, 4.69) is 10.6 Å². The molecule has 0 aliphatic heterocycles. The average Bonchev–Trinajstić information content (AvgIpc) is 2.45. The minimum Gasteiger partial charge on any atom is -0.497 e. The smallest absolute Gasteiger partial charge is 0.239 e. The van der Waals surface area contributed by atoms with Gasteiger partial charge in [-0.15, -0.1) is 0 Å². The Morgan fingerprint density at radius 1 is 1.10 bits per heavy atom. The minimum absolute atomic E-state index is 0.00240. The van der Waals surface area contributed by atoms with E-state index in [1.807, 2.05) is 31.1 Å². The van der Waals surface area contributed by atoms with Crippen molar-refractivity contribution in [2.24, 2.45) is 0 Å². The van der Waals surface area contributed by atoms with Crippen LogP contribution in [0.15, 0.2) is 24.3 Å². The summed E-state index contributed by atoms with van der Waals surface area (Å²) in [5.74, 6) is 0.391. The number of rotatable bonds is 8. The van der Waals surface area contributed by atoms with Gasteiger partial charge in [-0.1, -0.05) is 12.1 Å². The van der Waals surface area contributed by atoms with Crippen LogP contribution in [0.25, 0.3) is 0 Å². The van der Waals surface area contributed by atoms with Crippen LogP contribution in [0.4, 0.5) is 0 Å². The molecule has 6 nitrogen and oxygen atoms in total. The molecule has 0 aliphatic carbocycles. The van der Waals surface area contributed by atoms with Gasteiger partial charge in [0.1, 0.15) is 5.75 Å². The number of benzene rings is 1. The Morgan fingerprint density at radius 2 is 1.76 bits per heavy atom. The Morgan fingerprint density at radius 3 is 2.33 bits per heavy atom. The maximum atomic E-state index is 11.7. The molecule has 0 atom stereocenters. The molecule has 0 unspecified atom stereocenters. The third kappa shape index (κ3) is 7.31. The van der Waals surface area contributed by atoms with Gasteiger partial charge in [-0.25, -0.2) is 0 Å². The van der Waals surface area contributed by atoms with Gasteiger partial charge in [-0.3, -0.25) is 9.59 Å². The van der Waals surface area contributed by atoms with Crippen LogP contribution >= 0.6 is 0 Å². The Hall–Kier alpha value is -2.08. The number of amides is 2. The predicted molar refractivity (Wildman–Crippen MR) is 81.3 cm³/mol. The third-order valence-electron chi connectivity index (χ3n) is 2.85. The molecule has 0 aromatic heterocycles. The van der Waals surface area contributed by atoms with E-state index in [1.54, 1.807) is 19.2 Å². The molecule has 2 amide bonds. The molecule has 0 fully saturated rings. The van der Waals surface area contributed by atoms with E-state index in [0.29, 0.717) is 6.54 Å². The maximum Gasteiger partial charge on any atom is 0.239 e. The second kappa shape index (κ2) is 8.97. The molecule has 0 radical (unpaired) electrons. The lowest BCUT2D eigenvalue weighted by molar-refractivity contribution is -0.125. The third-order valence-corrected chi connectivity index (χ3v) is 2.85. The van der Waals surface area contributed by atoms with Gasteiger partial charge in [0.05, 0.1) is 20.1 Å². The molecule has 2 N–H and O–H groups in total. The molecule has 1 aromatic rings. The van der Waals surface area contributed by atoms with E-state index in [-0.39, 0.29) is 24.8 Å². The van der Waals surface area contributed by atoms with Crippen LogP contribution in [0.2, 0.25) is 0 Å². The summed E-state index contributed by atoms with van der Waals surface area (Å²) in [6.07, 6.45) is 0.245. The number of hydrogen-bond donors (Lipinski definition) is 2. The second-order valence-corrected chi connectivity index (χ2v) is 4.95. The van der Waals surface area contributed by atoms with Crippen LogP contribution in [-0.2, 0) is 16.0 Å². The largest absolute Gasteiger partial charge is 0.497 e. The van der Waals surface area contributed by atoms with E-state index in [4.69, 9.17) is 4.74 Å². The summed E-state index contributed by atoms with van der Waals surface area (Å²) in [5, 5.41) is 5.34. The Kier molecular flexibility index (Phi) is 7.25. The van der Waals surface area contributed by atoms with Crippen molar-refractivity contribution in [3.8, 4) is 5.75 Å². The number of carbonyl (C=O) groups excluding carboxylic acids is 2. The summed E-state index contributed by atoms with van der Waals surface area (Å²) in [7, 11) is 5.46. The van der Waals surface area contributed by atoms with Crippen molar-refractivity contribution in [1.82, 2.24) is 15.5 Å². The number of ether oxygens (including phenoxy) is 1. The molecule has 0 aliphatic rings. The minimum atomic E-state index is -0.181. The monoisotopic (exact) mass is 293 g/mol. The Labute approximate surface area is 125 Å². The fourth-order valence-corrected chi connectivity index (χ4v) is 1.65. The highest BCUT2D eigenvalue weighted by Gasteiger charge is 2.06. The van der Waals surface area contributed by atoms with Crippen molar-refractivity contribution < 1.29 is 14.3 Å². The van der Waals surface area contributed by atoms with Crippen LogP contribution in [-0.4, -0.2) is 57.6 Å². The number of nitrogens with zero attached hydrogens (tertiary/aromatic N) is 1. The van der Waals surface area contributed by atoms with E-state index < -0.39 is 0 Å². The molecular weight excluding hydrogens is 270 g/mol. The zero-order chi connectivity index (χ0) is 15.7. The van der Waals surface area contributed by atoms with Crippen molar-refractivity contribution in [1.29, 1.82) is 0 Å². The summed E-state index contributed by atoms with van der Waals surface area (Å²) < 4.78 is 5.05. The normalized spacial score (nSPS) is 10.3. The summed E-state index contributed by atoms with van der Waals surface area (Å²) in [6, 6.07) is 7.26. The lowest BCUT2D eigenvalue weighted by Crippen LogP contribution is -2.39. The molecule has 0 saturated carbocycles. The molecule has 0 bridgehead atoms. The van der Waals surface area contributed by atoms with Crippen LogP contribution in [0.3, 0.4) is 0 Å². The molecule has 6 heteroatoms. The Bertz CT molecular complexity index is 458. The number of methoxy groups -OCH3 is 1. The van der Waals surface area contributed by atoms with Crippen molar-refractivity contribution >= 4 is 11.8 Å². The number of nitrogens with one attached hydrogen (secondary N) is 2. The lowest BCUT2D eigenvalue weighted by Gasteiger charge is -2.11. The highest BCUT2D eigenvalue weighted by atomic mass is 16.5. The summed E-state index contributed by atoms with van der Waals surface area (Å²) in [5.41, 5.74) is 0.876. The van der Waals surface area contributed by atoms with Crippen molar-refractivity contribution in [3.63, 3.8) is 0 Å². The summed E-state index contributed by atoms with van der Waals surface area (Å²) in [4.78, 5) is 25.2. The first kappa shape index (κ1) is 17.0. The van der Waals surface area contributed by atoms with Crippen LogP contribution in [0, 0.1) is 0 Å². The molecule has 1 rings (SSSR count). The van der Waals surface area contributed by atoms with Crippen LogP contribution in [0.5, 0.6) is 5.75 Å². The van der Waals surface area contributed by atoms with Gasteiger partial charge in [0.25, 0.3) is 0 Å². The number of hydrogen-bond acceptors (Lipinski definition) is 4. The van der Waals surface area contributed by atoms with Crippen LogP contribution < -0.4 is 15.4 Å². The predicted octanol–water partition coefficient (Wildman–Crippen LogP) is 0.0317. The highest BCUT2D eigenvalue weighted by Crippen LogP contribution is 2.11. The first-order valence-electron chi connectivity index (χ1n) is 6.82. The van der Waals surface area contributed by atoms with Gasteiger partial charge in [-0.2, -0.15) is 0 Å².